The van der Waals surface area contributed by atoms with Crippen molar-refractivity contribution in [2.45, 2.75) is 27.2 Å². The Bertz CT molecular complexity index is 145. The maximum atomic E-state index is 10.1. The molecular formula is C7H11O2. The molecule has 0 N–H and O–H groups in total. The Kier molecular flexibility index (Phi) is 2.99. The van der Waals surface area contributed by atoms with Gasteiger partial charge in [-0.25, -0.2) is 9.90 Å². The number of carbonyl (C=O) groups excluding carboxylic acids is 1. The first-order valence-corrected chi connectivity index (χ1v) is 2.97. The van der Waals surface area contributed by atoms with Crippen LogP contribution in [0.1, 0.15) is 27.2 Å². The average Bonchev–Trinajstić information content (AvgIpc) is 1.84. The lowest BCUT2D eigenvalue weighted by atomic mass is 10.1. The Morgan fingerprint density at radius 2 is 1.78 bits per heavy atom. The molecule has 0 aromatic carbocycles. The van der Waals surface area contributed by atoms with Crippen molar-refractivity contribution >= 4 is 5.97 Å². The molecule has 0 aliphatic carbocycles. The fourth-order valence-electron chi connectivity index (χ4n) is 0.439. The van der Waals surface area contributed by atoms with Crippen LogP contribution in [0.25, 0.3) is 0 Å². The minimum Gasteiger partial charge on any atom is -0.242 e. The van der Waals surface area contributed by atoms with Gasteiger partial charge >= 0.3 is 5.97 Å². The summed E-state index contributed by atoms with van der Waals surface area (Å²) in [6.07, 6.45) is 0.778. The van der Waals surface area contributed by atoms with Gasteiger partial charge in [-0.3, -0.25) is 0 Å². The first-order valence-electron chi connectivity index (χ1n) is 2.97. The molecule has 0 rings (SSSR count). The van der Waals surface area contributed by atoms with Crippen molar-refractivity contribution in [2.75, 3.05) is 0 Å². The Hall–Kier alpha value is -0.790. The summed E-state index contributed by atoms with van der Waals surface area (Å²) in [6.45, 7) is 5.28. The van der Waals surface area contributed by atoms with E-state index in [2.05, 4.69) is 0 Å². The summed E-state index contributed by atoms with van der Waals surface area (Å²) in [6, 6.07) is 0. The highest BCUT2D eigenvalue weighted by molar-refractivity contribution is 5.86. The summed E-state index contributed by atoms with van der Waals surface area (Å²) >= 11 is 0. The Labute approximate surface area is 55.2 Å². The van der Waals surface area contributed by atoms with Crippen molar-refractivity contribution in [1.29, 1.82) is 0 Å². The van der Waals surface area contributed by atoms with Crippen molar-refractivity contribution in [3.05, 3.63) is 11.1 Å². The molecule has 2 nitrogen and oxygen atoms in total. The molecule has 0 amide bonds. The summed E-state index contributed by atoms with van der Waals surface area (Å²) in [4.78, 5) is 10.1. The van der Waals surface area contributed by atoms with Crippen LogP contribution in [-0.4, -0.2) is 5.97 Å². The van der Waals surface area contributed by atoms with Gasteiger partial charge in [0.2, 0.25) is 0 Å². The number of hydrogen-bond acceptors (Lipinski definition) is 1. The van der Waals surface area contributed by atoms with E-state index in [1.54, 1.807) is 13.8 Å². The van der Waals surface area contributed by atoms with E-state index in [9.17, 15) is 9.90 Å². The zero-order valence-electron chi connectivity index (χ0n) is 6.02. The van der Waals surface area contributed by atoms with Gasteiger partial charge in [-0.1, -0.05) is 12.5 Å². The van der Waals surface area contributed by atoms with Crippen molar-refractivity contribution in [3.63, 3.8) is 0 Å². The highest BCUT2D eigenvalue weighted by Crippen LogP contribution is 2.06. The molecule has 0 atom stereocenters. The van der Waals surface area contributed by atoms with Gasteiger partial charge in [0.05, 0.1) is 0 Å². The molecule has 0 saturated heterocycles. The molecule has 51 valence electrons. The van der Waals surface area contributed by atoms with Gasteiger partial charge in [0, 0.05) is 5.57 Å². The predicted molar refractivity (Wildman–Crippen MR) is 34.4 cm³/mol. The highest BCUT2D eigenvalue weighted by Gasteiger charge is 2.04. The minimum absolute atomic E-state index is 0.359. The molecule has 0 heterocycles. The number of rotatable bonds is 2. The van der Waals surface area contributed by atoms with Crippen LogP contribution in [0.2, 0.25) is 0 Å². The van der Waals surface area contributed by atoms with Gasteiger partial charge in [-0.2, -0.15) is 0 Å². The van der Waals surface area contributed by atoms with E-state index in [-0.39, 0.29) is 0 Å². The van der Waals surface area contributed by atoms with Crippen molar-refractivity contribution in [1.82, 2.24) is 0 Å². The zero-order valence-corrected chi connectivity index (χ0v) is 6.02. The summed E-state index contributed by atoms with van der Waals surface area (Å²) in [7, 11) is 0. The third kappa shape index (κ3) is 2.31. The van der Waals surface area contributed by atoms with Gasteiger partial charge in [-0.05, 0) is 20.3 Å². The first-order chi connectivity index (χ1) is 4.09. The van der Waals surface area contributed by atoms with E-state index in [0.29, 0.717) is 5.57 Å². The predicted octanol–water partition coefficient (Wildman–Crippen LogP) is 1.69. The van der Waals surface area contributed by atoms with Crippen molar-refractivity contribution < 1.29 is 9.90 Å². The van der Waals surface area contributed by atoms with Crippen molar-refractivity contribution in [3.8, 4) is 0 Å². The van der Waals surface area contributed by atoms with Crippen LogP contribution in [0.5, 0.6) is 0 Å². The van der Waals surface area contributed by atoms with Gasteiger partial charge in [0.15, 0.2) is 0 Å². The SMILES string of the molecule is CC/C(C)=C(\C)C([O])=O. The molecule has 0 bridgehead atoms. The second-order valence-corrected chi connectivity index (χ2v) is 2.05. The van der Waals surface area contributed by atoms with Gasteiger partial charge in [0.25, 0.3) is 0 Å². The van der Waals surface area contributed by atoms with E-state index in [0.717, 1.165) is 12.0 Å². The van der Waals surface area contributed by atoms with Gasteiger partial charge in [-0.15, -0.1) is 0 Å². The monoisotopic (exact) mass is 127 g/mol. The summed E-state index contributed by atoms with van der Waals surface area (Å²) in [5.41, 5.74) is 1.24. The lowest BCUT2D eigenvalue weighted by Gasteiger charge is -1.95. The Morgan fingerprint density at radius 1 is 1.33 bits per heavy atom. The number of allylic oxidation sites excluding steroid dienone is 1. The molecule has 0 aliphatic heterocycles. The van der Waals surface area contributed by atoms with E-state index in [1.165, 1.54) is 0 Å². The van der Waals surface area contributed by atoms with Crippen LogP contribution >= 0.6 is 0 Å². The number of carbonyl (C=O) groups is 1. The molecule has 0 aromatic heterocycles. The smallest absolute Gasteiger partial charge is 0.242 e. The van der Waals surface area contributed by atoms with E-state index < -0.39 is 5.97 Å². The van der Waals surface area contributed by atoms with E-state index >= 15 is 0 Å². The van der Waals surface area contributed by atoms with E-state index in [4.69, 9.17) is 0 Å². The Balaban J connectivity index is 4.28. The van der Waals surface area contributed by atoms with Crippen LogP contribution in [0.3, 0.4) is 0 Å². The standard InChI is InChI=1S/C7H11O2/c1-4-5(2)6(3)7(8)9/h4H2,1-3H3/b6-5+. The highest BCUT2D eigenvalue weighted by atomic mass is 16.4. The molecule has 9 heavy (non-hydrogen) atoms. The maximum absolute atomic E-state index is 10.1. The molecule has 0 unspecified atom stereocenters. The lowest BCUT2D eigenvalue weighted by Crippen LogP contribution is -1.96. The molecule has 0 aromatic rings. The zero-order chi connectivity index (χ0) is 7.44. The fourth-order valence-corrected chi connectivity index (χ4v) is 0.439. The number of hydrogen-bond donors (Lipinski definition) is 0. The van der Waals surface area contributed by atoms with Crippen LogP contribution in [-0.2, 0) is 9.90 Å². The largest absolute Gasteiger partial charge is 0.382 e. The van der Waals surface area contributed by atoms with Crippen LogP contribution in [0.15, 0.2) is 11.1 Å². The van der Waals surface area contributed by atoms with Gasteiger partial charge < -0.3 is 0 Å². The summed E-state index contributed by atoms with van der Waals surface area (Å²) in [5, 5.41) is 10.1. The summed E-state index contributed by atoms with van der Waals surface area (Å²) < 4.78 is 0. The molecule has 0 spiro atoms. The fraction of sp³-hybridized carbons (Fsp3) is 0.571. The quantitative estimate of drug-likeness (QED) is 0.520. The topological polar surface area (TPSA) is 37.0 Å². The minimum atomic E-state index is -1.06. The van der Waals surface area contributed by atoms with Crippen LogP contribution < -0.4 is 0 Å². The van der Waals surface area contributed by atoms with Gasteiger partial charge in [0.1, 0.15) is 0 Å². The lowest BCUT2D eigenvalue weighted by molar-refractivity contribution is -0.138. The molecule has 0 aliphatic rings. The van der Waals surface area contributed by atoms with Crippen molar-refractivity contribution in [2.24, 2.45) is 0 Å². The first kappa shape index (κ1) is 8.21. The second kappa shape index (κ2) is 3.28. The Morgan fingerprint density at radius 3 is 1.89 bits per heavy atom. The second-order valence-electron chi connectivity index (χ2n) is 2.05. The van der Waals surface area contributed by atoms with Crippen LogP contribution in [0, 0.1) is 0 Å². The summed E-state index contributed by atoms with van der Waals surface area (Å²) in [5.74, 6) is -1.06. The molecule has 2 heteroatoms. The normalized spacial score (nSPS) is 12.8. The molecule has 1 radical (unpaired) electrons. The average molecular weight is 127 g/mol. The third-order valence-corrected chi connectivity index (χ3v) is 1.48. The molecule has 0 saturated carbocycles. The molecular weight excluding hydrogens is 116 g/mol. The van der Waals surface area contributed by atoms with Crippen LogP contribution in [0.4, 0.5) is 0 Å². The third-order valence-electron chi connectivity index (χ3n) is 1.48. The molecule has 0 fully saturated rings. The van der Waals surface area contributed by atoms with E-state index in [1.807, 2.05) is 6.92 Å². The maximum Gasteiger partial charge on any atom is 0.382 e.